The molecule has 0 saturated carbocycles. The third-order valence-corrected chi connectivity index (χ3v) is 3.15. The molecule has 2 rings (SSSR count). The van der Waals surface area contributed by atoms with Gasteiger partial charge in [0.1, 0.15) is 5.75 Å². The zero-order valence-electron chi connectivity index (χ0n) is 12.4. The molecule has 0 radical (unpaired) electrons. The average Bonchev–Trinajstić information content (AvgIpc) is 2.78. The second-order valence-electron chi connectivity index (χ2n) is 4.54. The van der Waals surface area contributed by atoms with Crippen LogP contribution in [0.1, 0.15) is 34.6 Å². The van der Waals surface area contributed by atoms with E-state index in [1.807, 2.05) is 6.92 Å². The van der Waals surface area contributed by atoms with Crippen LogP contribution in [0.3, 0.4) is 0 Å². The molecule has 1 heterocycles. The SMILES string of the molecule is C/C=C/Oc1ccc2c(c1)C(=O)N(C(/C=C\CO)=C/C)C2=O. The highest BCUT2D eigenvalue weighted by Crippen LogP contribution is 2.29. The Morgan fingerprint density at radius 3 is 2.59 bits per heavy atom. The van der Waals surface area contributed by atoms with Crippen molar-refractivity contribution in [1.29, 1.82) is 0 Å². The van der Waals surface area contributed by atoms with Crippen molar-refractivity contribution in [2.75, 3.05) is 6.61 Å². The molecule has 1 N–H and O–H groups in total. The Morgan fingerprint density at radius 2 is 1.95 bits per heavy atom. The van der Waals surface area contributed by atoms with Crippen LogP contribution in [0.5, 0.6) is 5.75 Å². The number of imide groups is 1. The summed E-state index contributed by atoms with van der Waals surface area (Å²) in [5.41, 5.74) is 1.08. The lowest BCUT2D eigenvalue weighted by Crippen LogP contribution is -2.28. The monoisotopic (exact) mass is 299 g/mol. The molecular formula is C17H17NO4. The predicted octanol–water partition coefficient (Wildman–Crippen LogP) is 2.65. The van der Waals surface area contributed by atoms with Crippen molar-refractivity contribution in [1.82, 2.24) is 4.90 Å². The summed E-state index contributed by atoms with van der Waals surface area (Å²) in [6, 6.07) is 4.78. The Balaban J connectivity index is 2.38. The fourth-order valence-electron chi connectivity index (χ4n) is 2.15. The lowest BCUT2D eigenvalue weighted by molar-refractivity contribution is 0.0709. The minimum atomic E-state index is -0.401. The number of aliphatic hydroxyl groups is 1. The van der Waals surface area contributed by atoms with E-state index >= 15 is 0 Å². The van der Waals surface area contributed by atoms with Crippen molar-refractivity contribution in [3.63, 3.8) is 0 Å². The molecule has 0 aliphatic carbocycles. The normalized spacial score (nSPS) is 15.2. The highest BCUT2D eigenvalue weighted by atomic mass is 16.5. The van der Waals surface area contributed by atoms with Gasteiger partial charge < -0.3 is 9.84 Å². The number of aliphatic hydroxyl groups excluding tert-OH is 1. The summed E-state index contributed by atoms with van der Waals surface area (Å²) in [5.74, 6) is -0.289. The van der Waals surface area contributed by atoms with Crippen LogP contribution < -0.4 is 4.74 Å². The van der Waals surface area contributed by atoms with E-state index in [-0.39, 0.29) is 12.5 Å². The summed E-state index contributed by atoms with van der Waals surface area (Å²) in [5, 5.41) is 8.85. The van der Waals surface area contributed by atoms with E-state index in [0.29, 0.717) is 22.6 Å². The second-order valence-corrected chi connectivity index (χ2v) is 4.54. The minimum absolute atomic E-state index is 0.165. The zero-order chi connectivity index (χ0) is 16.1. The van der Waals surface area contributed by atoms with E-state index in [1.165, 1.54) is 12.3 Å². The second kappa shape index (κ2) is 6.87. The third kappa shape index (κ3) is 2.84. The summed E-state index contributed by atoms with van der Waals surface area (Å²) in [6.45, 7) is 3.37. The molecule has 0 aromatic heterocycles. The molecule has 0 atom stereocenters. The molecule has 2 amide bonds. The van der Waals surface area contributed by atoms with Gasteiger partial charge in [-0.15, -0.1) is 0 Å². The highest BCUT2D eigenvalue weighted by Gasteiger charge is 2.37. The zero-order valence-corrected chi connectivity index (χ0v) is 12.4. The minimum Gasteiger partial charge on any atom is -0.465 e. The van der Waals surface area contributed by atoms with Crippen LogP contribution in [0, 0.1) is 0 Å². The van der Waals surface area contributed by atoms with Gasteiger partial charge in [0, 0.05) is 5.70 Å². The average molecular weight is 299 g/mol. The number of hydrogen-bond donors (Lipinski definition) is 1. The van der Waals surface area contributed by atoms with Crippen molar-refractivity contribution < 1.29 is 19.4 Å². The Morgan fingerprint density at radius 1 is 1.23 bits per heavy atom. The molecule has 5 nitrogen and oxygen atoms in total. The number of ether oxygens (including phenoxy) is 1. The number of allylic oxidation sites excluding steroid dienone is 3. The van der Waals surface area contributed by atoms with E-state index < -0.39 is 5.91 Å². The number of benzene rings is 1. The Hall–Kier alpha value is -2.66. The summed E-state index contributed by atoms with van der Waals surface area (Å²) >= 11 is 0. The van der Waals surface area contributed by atoms with Crippen molar-refractivity contribution >= 4 is 11.8 Å². The van der Waals surface area contributed by atoms with Gasteiger partial charge >= 0.3 is 0 Å². The van der Waals surface area contributed by atoms with Gasteiger partial charge in [-0.25, -0.2) is 4.90 Å². The van der Waals surface area contributed by atoms with E-state index in [2.05, 4.69) is 0 Å². The number of hydrogen-bond acceptors (Lipinski definition) is 4. The van der Waals surface area contributed by atoms with Crippen molar-refractivity contribution in [3.05, 3.63) is 65.6 Å². The summed E-state index contributed by atoms with van der Waals surface area (Å²) in [6.07, 6.45) is 7.88. The molecular weight excluding hydrogens is 282 g/mol. The number of carbonyl (C=O) groups is 2. The number of carbonyl (C=O) groups excluding carboxylic acids is 2. The van der Waals surface area contributed by atoms with Crippen LogP contribution in [0.2, 0.25) is 0 Å². The van der Waals surface area contributed by atoms with Gasteiger partial charge in [0.25, 0.3) is 11.8 Å². The molecule has 22 heavy (non-hydrogen) atoms. The summed E-state index contributed by atoms with van der Waals surface area (Å²) in [7, 11) is 0. The molecule has 114 valence electrons. The Labute approximate surface area is 128 Å². The van der Waals surface area contributed by atoms with Gasteiger partial charge in [-0.3, -0.25) is 9.59 Å². The van der Waals surface area contributed by atoms with Crippen molar-refractivity contribution in [2.45, 2.75) is 13.8 Å². The fourth-order valence-corrected chi connectivity index (χ4v) is 2.15. The number of fused-ring (bicyclic) bond motifs is 1. The van der Waals surface area contributed by atoms with Crippen LogP contribution in [-0.2, 0) is 0 Å². The van der Waals surface area contributed by atoms with Gasteiger partial charge in [-0.1, -0.05) is 18.2 Å². The molecule has 0 saturated heterocycles. The Kier molecular flexibility index (Phi) is 4.91. The van der Waals surface area contributed by atoms with Crippen molar-refractivity contribution in [2.24, 2.45) is 0 Å². The maximum Gasteiger partial charge on any atom is 0.266 e. The third-order valence-electron chi connectivity index (χ3n) is 3.15. The first-order valence-corrected chi connectivity index (χ1v) is 6.88. The maximum absolute atomic E-state index is 12.5. The van der Waals surface area contributed by atoms with Gasteiger partial charge in [-0.05, 0) is 38.1 Å². The highest BCUT2D eigenvalue weighted by molar-refractivity contribution is 6.22. The van der Waals surface area contributed by atoms with Gasteiger partial charge in [0.2, 0.25) is 0 Å². The van der Waals surface area contributed by atoms with E-state index in [9.17, 15) is 9.59 Å². The molecule has 0 spiro atoms. The molecule has 0 fully saturated rings. The van der Waals surface area contributed by atoms with Gasteiger partial charge in [0.05, 0.1) is 24.0 Å². The lowest BCUT2D eigenvalue weighted by atomic mass is 10.1. The molecule has 1 aromatic carbocycles. The molecule has 1 aromatic rings. The van der Waals surface area contributed by atoms with Gasteiger partial charge in [0.15, 0.2) is 0 Å². The van der Waals surface area contributed by atoms with Gasteiger partial charge in [-0.2, -0.15) is 0 Å². The van der Waals surface area contributed by atoms with E-state index in [4.69, 9.17) is 9.84 Å². The number of rotatable bonds is 5. The first-order chi connectivity index (χ1) is 10.6. The quantitative estimate of drug-likeness (QED) is 0.515. The largest absolute Gasteiger partial charge is 0.465 e. The van der Waals surface area contributed by atoms with E-state index in [1.54, 1.807) is 43.4 Å². The molecule has 0 unspecified atom stereocenters. The molecule has 0 bridgehead atoms. The smallest absolute Gasteiger partial charge is 0.266 e. The number of amides is 2. The first kappa shape index (κ1) is 15.7. The standard InChI is InChI=1S/C17H17NO4/c1-3-10-22-13-7-8-14-15(11-13)17(21)18(16(14)20)12(4-2)6-5-9-19/h3-8,10-11,19H,9H2,1-2H3/b6-5-,10-3+,12-4+. The molecule has 1 aliphatic heterocycles. The summed E-state index contributed by atoms with van der Waals surface area (Å²) < 4.78 is 5.33. The van der Waals surface area contributed by atoms with Crippen LogP contribution >= 0.6 is 0 Å². The maximum atomic E-state index is 12.5. The molecule has 5 heteroatoms. The van der Waals surface area contributed by atoms with Crippen molar-refractivity contribution in [3.8, 4) is 5.75 Å². The number of nitrogens with zero attached hydrogens (tertiary/aromatic N) is 1. The van der Waals surface area contributed by atoms with Crippen LogP contribution in [0.4, 0.5) is 0 Å². The lowest BCUT2D eigenvalue weighted by Gasteiger charge is -2.14. The summed E-state index contributed by atoms with van der Waals surface area (Å²) in [4.78, 5) is 26.0. The van der Waals surface area contributed by atoms with Crippen LogP contribution in [0.15, 0.2) is 54.5 Å². The fraction of sp³-hybridized carbons (Fsp3) is 0.176. The van der Waals surface area contributed by atoms with E-state index in [0.717, 1.165) is 4.90 Å². The molecule has 1 aliphatic rings. The topological polar surface area (TPSA) is 66.8 Å². The Bertz CT molecular complexity index is 686. The van der Waals surface area contributed by atoms with Crippen LogP contribution in [0.25, 0.3) is 0 Å². The predicted molar refractivity (Wildman–Crippen MR) is 82.4 cm³/mol. The first-order valence-electron chi connectivity index (χ1n) is 6.88. The van der Waals surface area contributed by atoms with Crippen LogP contribution in [-0.4, -0.2) is 28.4 Å².